The second-order valence-electron chi connectivity index (χ2n) is 4.31. The van der Waals surface area contributed by atoms with E-state index in [1.165, 1.54) is 0 Å². The molecule has 17 heavy (non-hydrogen) atoms. The Balaban J connectivity index is 1.85. The molecule has 6 nitrogen and oxygen atoms in total. The highest BCUT2D eigenvalue weighted by Crippen LogP contribution is 2.14. The van der Waals surface area contributed by atoms with Crippen molar-refractivity contribution in [3.63, 3.8) is 0 Å². The summed E-state index contributed by atoms with van der Waals surface area (Å²) in [7, 11) is 1.77. The van der Waals surface area contributed by atoms with E-state index in [2.05, 4.69) is 10.4 Å². The largest absolute Gasteiger partial charge is 0.384 e. The van der Waals surface area contributed by atoms with Gasteiger partial charge in [-0.1, -0.05) is 0 Å². The first-order chi connectivity index (χ1) is 8.18. The van der Waals surface area contributed by atoms with Gasteiger partial charge in [0.2, 0.25) is 5.91 Å². The number of nitrogens with zero attached hydrogens (tertiary/aromatic N) is 2. The van der Waals surface area contributed by atoms with Crippen LogP contribution in [0.15, 0.2) is 6.20 Å². The second-order valence-corrected chi connectivity index (χ2v) is 4.31. The Bertz CT molecular complexity index is 396. The van der Waals surface area contributed by atoms with Gasteiger partial charge in [-0.25, -0.2) is 0 Å². The number of carbonyl (C=O) groups is 1. The Hall–Kier alpha value is -1.56. The van der Waals surface area contributed by atoms with E-state index >= 15 is 0 Å². The molecular weight excluding hydrogens is 220 g/mol. The maximum Gasteiger partial charge on any atom is 0.225 e. The summed E-state index contributed by atoms with van der Waals surface area (Å²) in [6.07, 6.45) is 3.52. The topological polar surface area (TPSA) is 82.2 Å². The lowest BCUT2D eigenvalue weighted by Crippen LogP contribution is -2.35. The van der Waals surface area contributed by atoms with Crippen LogP contribution in [0.2, 0.25) is 0 Å². The number of amides is 1. The zero-order chi connectivity index (χ0) is 12.3. The van der Waals surface area contributed by atoms with E-state index in [0.29, 0.717) is 19.0 Å². The third-order valence-electron chi connectivity index (χ3n) is 3.05. The van der Waals surface area contributed by atoms with E-state index in [1.807, 2.05) is 0 Å². The van der Waals surface area contributed by atoms with E-state index in [-0.39, 0.29) is 11.8 Å². The van der Waals surface area contributed by atoms with Gasteiger partial charge in [0.05, 0.1) is 18.7 Å². The van der Waals surface area contributed by atoms with Crippen LogP contribution < -0.4 is 11.1 Å². The first-order valence-electron chi connectivity index (χ1n) is 5.80. The average Bonchev–Trinajstić information content (AvgIpc) is 2.68. The number of nitrogen functional groups attached to an aromatic ring is 1. The summed E-state index contributed by atoms with van der Waals surface area (Å²) < 4.78 is 6.87. The molecule has 94 valence electrons. The van der Waals surface area contributed by atoms with E-state index < -0.39 is 0 Å². The van der Waals surface area contributed by atoms with Gasteiger partial charge in [-0.15, -0.1) is 0 Å². The van der Waals surface area contributed by atoms with Crippen molar-refractivity contribution in [2.45, 2.75) is 19.4 Å². The lowest BCUT2D eigenvalue weighted by Gasteiger charge is -2.21. The van der Waals surface area contributed by atoms with Crippen LogP contribution in [0.5, 0.6) is 0 Å². The number of anilines is 1. The van der Waals surface area contributed by atoms with Crippen LogP contribution in [-0.4, -0.2) is 28.9 Å². The smallest absolute Gasteiger partial charge is 0.225 e. The number of aryl methyl sites for hydroxylation is 1. The molecule has 1 saturated heterocycles. The van der Waals surface area contributed by atoms with Crippen molar-refractivity contribution in [1.29, 1.82) is 0 Å². The van der Waals surface area contributed by atoms with Gasteiger partial charge >= 0.3 is 0 Å². The third kappa shape index (κ3) is 2.76. The standard InChI is InChI=1S/C11H18N4O2/c1-15-10(12)9(6-14-15)5-13-11(16)8-3-2-4-17-7-8/h6,8H,2-5,7,12H2,1H3,(H,13,16). The third-order valence-corrected chi connectivity index (χ3v) is 3.05. The van der Waals surface area contributed by atoms with Crippen molar-refractivity contribution in [2.75, 3.05) is 18.9 Å². The minimum Gasteiger partial charge on any atom is -0.384 e. The van der Waals surface area contributed by atoms with Crippen molar-refractivity contribution in [1.82, 2.24) is 15.1 Å². The molecule has 3 N–H and O–H groups in total. The predicted octanol–water partition coefficient (Wildman–Crippen LogP) is 0.0451. The number of hydrogen-bond acceptors (Lipinski definition) is 4. The van der Waals surface area contributed by atoms with Crippen molar-refractivity contribution in [2.24, 2.45) is 13.0 Å². The van der Waals surface area contributed by atoms with E-state index in [9.17, 15) is 4.79 Å². The van der Waals surface area contributed by atoms with Crippen molar-refractivity contribution in [3.8, 4) is 0 Å². The fourth-order valence-corrected chi connectivity index (χ4v) is 1.90. The minimum atomic E-state index is -0.0263. The summed E-state index contributed by atoms with van der Waals surface area (Å²) in [6.45, 7) is 1.71. The summed E-state index contributed by atoms with van der Waals surface area (Å²) in [5, 5.41) is 6.89. The lowest BCUT2D eigenvalue weighted by molar-refractivity contribution is -0.129. The highest BCUT2D eigenvalue weighted by Gasteiger charge is 2.21. The molecule has 1 aromatic heterocycles. The predicted molar refractivity (Wildman–Crippen MR) is 63.0 cm³/mol. The van der Waals surface area contributed by atoms with E-state index in [1.54, 1.807) is 17.9 Å². The van der Waals surface area contributed by atoms with Gasteiger partial charge in [-0.2, -0.15) is 5.10 Å². The zero-order valence-electron chi connectivity index (χ0n) is 9.98. The molecule has 1 aliphatic rings. The van der Waals surface area contributed by atoms with Crippen molar-refractivity contribution in [3.05, 3.63) is 11.8 Å². The number of nitrogens with one attached hydrogen (secondary N) is 1. The molecule has 1 aliphatic heterocycles. The monoisotopic (exact) mass is 238 g/mol. The van der Waals surface area contributed by atoms with Crippen LogP contribution in [-0.2, 0) is 23.1 Å². The number of hydrogen-bond donors (Lipinski definition) is 2. The second kappa shape index (κ2) is 5.18. The number of aromatic nitrogens is 2. The molecule has 0 saturated carbocycles. The summed E-state index contributed by atoms with van der Waals surface area (Å²) in [5.74, 6) is 0.597. The normalized spacial score (nSPS) is 20.2. The highest BCUT2D eigenvalue weighted by atomic mass is 16.5. The summed E-state index contributed by atoms with van der Waals surface area (Å²) in [6, 6.07) is 0. The van der Waals surface area contributed by atoms with Crippen LogP contribution in [0.25, 0.3) is 0 Å². The number of rotatable bonds is 3. The molecule has 0 aromatic carbocycles. The SMILES string of the molecule is Cn1ncc(CNC(=O)C2CCCOC2)c1N. The fraction of sp³-hybridized carbons (Fsp3) is 0.636. The van der Waals surface area contributed by atoms with Gasteiger partial charge < -0.3 is 15.8 Å². The summed E-state index contributed by atoms with van der Waals surface area (Å²) in [5.41, 5.74) is 6.64. The van der Waals surface area contributed by atoms with Crippen LogP contribution in [0, 0.1) is 5.92 Å². The molecule has 6 heteroatoms. The van der Waals surface area contributed by atoms with Crippen molar-refractivity contribution < 1.29 is 9.53 Å². The zero-order valence-corrected chi connectivity index (χ0v) is 9.98. The number of carbonyl (C=O) groups excluding carboxylic acids is 1. The molecule has 1 unspecified atom stereocenters. The molecule has 1 aromatic rings. The molecule has 1 amide bonds. The maximum atomic E-state index is 11.8. The number of nitrogens with two attached hydrogens (primary N) is 1. The quantitative estimate of drug-likeness (QED) is 0.779. The summed E-state index contributed by atoms with van der Waals surface area (Å²) >= 11 is 0. The Labute approximate surface area is 100 Å². The first-order valence-corrected chi connectivity index (χ1v) is 5.80. The Morgan fingerprint density at radius 3 is 3.18 bits per heavy atom. The van der Waals surface area contributed by atoms with Crippen LogP contribution in [0.1, 0.15) is 18.4 Å². The fourth-order valence-electron chi connectivity index (χ4n) is 1.90. The van der Waals surface area contributed by atoms with Gasteiger partial charge in [0.25, 0.3) is 0 Å². The molecule has 2 rings (SSSR count). The van der Waals surface area contributed by atoms with E-state index in [4.69, 9.17) is 10.5 Å². The highest BCUT2D eigenvalue weighted by molar-refractivity contribution is 5.78. The molecule has 0 spiro atoms. The molecule has 1 fully saturated rings. The molecular formula is C11H18N4O2. The average molecular weight is 238 g/mol. The minimum absolute atomic E-state index is 0.0263. The van der Waals surface area contributed by atoms with Crippen LogP contribution in [0.3, 0.4) is 0 Å². The van der Waals surface area contributed by atoms with Gasteiger partial charge in [0.15, 0.2) is 0 Å². The van der Waals surface area contributed by atoms with Crippen LogP contribution >= 0.6 is 0 Å². The first kappa shape index (κ1) is 11.9. The molecule has 0 bridgehead atoms. The van der Waals surface area contributed by atoms with Gasteiger partial charge in [0, 0.05) is 25.8 Å². The molecule has 0 aliphatic carbocycles. The summed E-state index contributed by atoms with van der Waals surface area (Å²) in [4.78, 5) is 11.8. The maximum absolute atomic E-state index is 11.8. The van der Waals surface area contributed by atoms with Crippen LogP contribution in [0.4, 0.5) is 5.82 Å². The lowest BCUT2D eigenvalue weighted by atomic mass is 10.0. The van der Waals surface area contributed by atoms with Crippen molar-refractivity contribution >= 4 is 11.7 Å². The van der Waals surface area contributed by atoms with Gasteiger partial charge in [-0.05, 0) is 12.8 Å². The Morgan fingerprint density at radius 2 is 2.59 bits per heavy atom. The Morgan fingerprint density at radius 1 is 1.76 bits per heavy atom. The molecule has 1 atom stereocenters. The van der Waals surface area contributed by atoms with E-state index in [0.717, 1.165) is 25.0 Å². The number of ether oxygens (including phenoxy) is 1. The molecule has 2 heterocycles. The van der Waals surface area contributed by atoms with Gasteiger partial charge in [-0.3, -0.25) is 9.48 Å². The Kier molecular flexibility index (Phi) is 3.63. The van der Waals surface area contributed by atoms with Gasteiger partial charge in [0.1, 0.15) is 5.82 Å². The molecule has 0 radical (unpaired) electrons.